The fourth-order valence-corrected chi connectivity index (χ4v) is 1.87. The molecule has 0 N–H and O–H groups in total. The number of pyridine rings is 1. The highest BCUT2D eigenvalue weighted by Gasteiger charge is 2.13. The quantitative estimate of drug-likeness (QED) is 0.797. The summed E-state index contributed by atoms with van der Waals surface area (Å²) in [6.45, 7) is 1.99. The first-order chi connectivity index (χ1) is 8.38. The average Bonchev–Trinajstić information content (AvgIpc) is 2.40. The van der Waals surface area contributed by atoms with Gasteiger partial charge in [0.05, 0.1) is 19.3 Å². The van der Waals surface area contributed by atoms with Gasteiger partial charge in [-0.3, -0.25) is 0 Å². The Bertz CT molecular complexity index is 395. The van der Waals surface area contributed by atoms with Crippen LogP contribution in [0.15, 0.2) is 18.3 Å². The highest BCUT2D eigenvalue weighted by molar-refractivity contribution is 5.24. The Kier molecular flexibility index (Phi) is 4.48. The van der Waals surface area contributed by atoms with E-state index in [2.05, 4.69) is 4.98 Å². The lowest BCUT2D eigenvalue weighted by Gasteiger charge is -2.22. The van der Waals surface area contributed by atoms with Crippen molar-refractivity contribution >= 4 is 0 Å². The Labute approximate surface area is 101 Å². The highest BCUT2D eigenvalue weighted by atomic mass is 16.5. The van der Waals surface area contributed by atoms with Gasteiger partial charge >= 0.3 is 0 Å². The van der Waals surface area contributed by atoms with Gasteiger partial charge in [0, 0.05) is 12.8 Å². The van der Waals surface area contributed by atoms with E-state index >= 15 is 0 Å². The molecule has 1 aromatic rings. The van der Waals surface area contributed by atoms with Gasteiger partial charge in [-0.05, 0) is 37.0 Å². The standard InChI is InChI=1S/C13H16N2O2/c14-8-12-7-11(4-5-15-12)9-16-10-13-3-1-2-6-17-13/h4-5,7,13H,1-3,6,9-10H2. The van der Waals surface area contributed by atoms with Crippen LogP contribution in [0.4, 0.5) is 0 Å². The molecule has 1 aromatic heterocycles. The van der Waals surface area contributed by atoms with Crippen LogP contribution in [0.3, 0.4) is 0 Å². The second-order valence-corrected chi connectivity index (χ2v) is 4.16. The maximum atomic E-state index is 8.72. The molecule has 0 saturated carbocycles. The molecule has 17 heavy (non-hydrogen) atoms. The first-order valence-electron chi connectivity index (χ1n) is 5.93. The third-order valence-corrected chi connectivity index (χ3v) is 2.79. The predicted molar refractivity (Wildman–Crippen MR) is 62.2 cm³/mol. The Balaban J connectivity index is 1.75. The van der Waals surface area contributed by atoms with Gasteiger partial charge in [0.1, 0.15) is 11.8 Å². The summed E-state index contributed by atoms with van der Waals surface area (Å²) in [5.41, 5.74) is 1.41. The van der Waals surface area contributed by atoms with Crippen molar-refractivity contribution in [3.05, 3.63) is 29.6 Å². The van der Waals surface area contributed by atoms with Crippen LogP contribution in [0.1, 0.15) is 30.5 Å². The van der Waals surface area contributed by atoms with Crippen molar-refractivity contribution in [3.63, 3.8) is 0 Å². The Morgan fingerprint density at radius 3 is 3.24 bits per heavy atom. The fourth-order valence-electron chi connectivity index (χ4n) is 1.87. The maximum Gasteiger partial charge on any atom is 0.140 e. The van der Waals surface area contributed by atoms with Crippen molar-refractivity contribution in [1.82, 2.24) is 4.98 Å². The zero-order valence-corrected chi connectivity index (χ0v) is 9.76. The normalized spacial score (nSPS) is 19.8. The van der Waals surface area contributed by atoms with Crippen LogP contribution in [0.25, 0.3) is 0 Å². The highest BCUT2D eigenvalue weighted by Crippen LogP contribution is 2.13. The van der Waals surface area contributed by atoms with Gasteiger partial charge in [0.15, 0.2) is 0 Å². The third kappa shape index (κ3) is 3.81. The first kappa shape index (κ1) is 12.0. The molecule has 0 bridgehead atoms. The van der Waals surface area contributed by atoms with Gasteiger partial charge in [-0.1, -0.05) is 0 Å². The molecule has 2 heterocycles. The average molecular weight is 232 g/mol. The van der Waals surface area contributed by atoms with Gasteiger partial charge in [-0.15, -0.1) is 0 Å². The third-order valence-electron chi connectivity index (χ3n) is 2.79. The molecule has 0 radical (unpaired) electrons. The van der Waals surface area contributed by atoms with Crippen LogP contribution in [0.5, 0.6) is 0 Å². The van der Waals surface area contributed by atoms with Gasteiger partial charge in [-0.2, -0.15) is 5.26 Å². The van der Waals surface area contributed by atoms with Crippen LogP contribution in [-0.4, -0.2) is 24.3 Å². The van der Waals surface area contributed by atoms with E-state index < -0.39 is 0 Å². The molecule has 4 nitrogen and oxygen atoms in total. The molecule has 1 unspecified atom stereocenters. The zero-order valence-electron chi connectivity index (χ0n) is 9.76. The summed E-state index contributed by atoms with van der Waals surface area (Å²) < 4.78 is 11.2. The Hall–Kier alpha value is -1.44. The zero-order chi connectivity index (χ0) is 11.9. The maximum absolute atomic E-state index is 8.72. The largest absolute Gasteiger partial charge is 0.376 e. The molecule has 2 rings (SSSR count). The number of hydrogen-bond acceptors (Lipinski definition) is 4. The van der Waals surface area contributed by atoms with Gasteiger partial charge < -0.3 is 9.47 Å². The van der Waals surface area contributed by atoms with Crippen LogP contribution in [0, 0.1) is 11.3 Å². The summed E-state index contributed by atoms with van der Waals surface area (Å²) in [5, 5.41) is 8.72. The van der Waals surface area contributed by atoms with Crippen molar-refractivity contribution in [3.8, 4) is 6.07 Å². The fraction of sp³-hybridized carbons (Fsp3) is 0.538. The van der Waals surface area contributed by atoms with E-state index in [1.807, 2.05) is 12.1 Å². The number of nitrogens with zero attached hydrogens (tertiary/aromatic N) is 2. The molecule has 0 aromatic carbocycles. The minimum absolute atomic E-state index is 0.237. The van der Waals surface area contributed by atoms with Crippen LogP contribution in [-0.2, 0) is 16.1 Å². The molecule has 1 aliphatic heterocycles. The van der Waals surface area contributed by atoms with Crippen molar-refractivity contribution in [2.45, 2.75) is 32.0 Å². The summed E-state index contributed by atoms with van der Waals surface area (Å²) in [4.78, 5) is 3.91. The SMILES string of the molecule is N#Cc1cc(COCC2CCCCO2)ccn1. The van der Waals surface area contributed by atoms with E-state index in [1.165, 1.54) is 6.42 Å². The second-order valence-electron chi connectivity index (χ2n) is 4.16. The molecular formula is C13H16N2O2. The van der Waals surface area contributed by atoms with E-state index in [9.17, 15) is 0 Å². The number of hydrogen-bond donors (Lipinski definition) is 0. The molecule has 1 saturated heterocycles. The van der Waals surface area contributed by atoms with Crippen LogP contribution >= 0.6 is 0 Å². The molecule has 0 spiro atoms. The first-order valence-corrected chi connectivity index (χ1v) is 5.93. The Morgan fingerprint density at radius 2 is 2.47 bits per heavy atom. The summed E-state index contributed by atoms with van der Waals surface area (Å²) >= 11 is 0. The molecular weight excluding hydrogens is 216 g/mol. The monoisotopic (exact) mass is 232 g/mol. The van der Waals surface area contributed by atoms with E-state index in [-0.39, 0.29) is 6.10 Å². The van der Waals surface area contributed by atoms with Crippen LogP contribution in [0.2, 0.25) is 0 Å². The summed E-state index contributed by atoms with van der Waals surface area (Å²) in [5.74, 6) is 0. The molecule has 0 aliphatic carbocycles. The second kappa shape index (κ2) is 6.33. The predicted octanol–water partition coefficient (Wildman–Crippen LogP) is 2.04. The minimum Gasteiger partial charge on any atom is -0.376 e. The molecule has 90 valence electrons. The molecule has 0 amide bonds. The lowest BCUT2D eigenvalue weighted by atomic mass is 10.1. The topological polar surface area (TPSA) is 55.1 Å². The molecule has 4 heteroatoms. The lowest BCUT2D eigenvalue weighted by molar-refractivity contribution is -0.0447. The Morgan fingerprint density at radius 1 is 1.53 bits per heavy atom. The van der Waals surface area contributed by atoms with E-state index in [0.717, 1.165) is 25.0 Å². The smallest absolute Gasteiger partial charge is 0.140 e. The lowest BCUT2D eigenvalue weighted by Crippen LogP contribution is -2.24. The van der Waals surface area contributed by atoms with Crippen LogP contribution < -0.4 is 0 Å². The number of ether oxygens (including phenoxy) is 2. The van der Waals surface area contributed by atoms with Crippen molar-refractivity contribution < 1.29 is 9.47 Å². The van der Waals surface area contributed by atoms with Crippen molar-refractivity contribution in [2.24, 2.45) is 0 Å². The molecule has 1 aliphatic rings. The minimum atomic E-state index is 0.237. The molecule has 1 atom stereocenters. The summed E-state index contributed by atoms with van der Waals surface area (Å²) in [6.07, 6.45) is 5.34. The number of rotatable bonds is 4. The van der Waals surface area contributed by atoms with Gasteiger partial charge in [0.2, 0.25) is 0 Å². The van der Waals surface area contributed by atoms with Gasteiger partial charge in [-0.25, -0.2) is 4.98 Å². The van der Waals surface area contributed by atoms with E-state index in [1.54, 1.807) is 12.3 Å². The number of nitriles is 1. The van der Waals surface area contributed by atoms with Crippen molar-refractivity contribution in [1.29, 1.82) is 5.26 Å². The summed E-state index contributed by atoms with van der Waals surface area (Å²) in [6, 6.07) is 5.63. The van der Waals surface area contributed by atoms with Gasteiger partial charge in [0.25, 0.3) is 0 Å². The van der Waals surface area contributed by atoms with E-state index in [4.69, 9.17) is 14.7 Å². The summed E-state index contributed by atoms with van der Waals surface area (Å²) in [7, 11) is 0. The van der Waals surface area contributed by atoms with Crippen molar-refractivity contribution in [2.75, 3.05) is 13.2 Å². The van der Waals surface area contributed by atoms with E-state index in [0.29, 0.717) is 18.9 Å². The molecule has 1 fully saturated rings. The number of aromatic nitrogens is 1.